The van der Waals surface area contributed by atoms with Crippen LogP contribution in [0.2, 0.25) is 0 Å². The molecule has 1 aromatic heterocycles. The third kappa shape index (κ3) is 3.43. The lowest BCUT2D eigenvalue weighted by atomic mass is 10.0. The summed E-state index contributed by atoms with van der Waals surface area (Å²) in [5, 5.41) is 3.42. The molecule has 1 aromatic carbocycles. The molecule has 2 heterocycles. The molecule has 6 heteroatoms. The van der Waals surface area contributed by atoms with Crippen LogP contribution in [0.15, 0.2) is 36.4 Å². The second kappa shape index (κ2) is 7.05. The summed E-state index contributed by atoms with van der Waals surface area (Å²) >= 11 is 1.32. The molecule has 24 heavy (non-hydrogen) atoms. The summed E-state index contributed by atoms with van der Waals surface area (Å²) < 4.78 is 5.20. The van der Waals surface area contributed by atoms with Gasteiger partial charge in [0.25, 0.3) is 5.91 Å². The van der Waals surface area contributed by atoms with Gasteiger partial charge in [-0.2, -0.15) is 0 Å². The third-order valence-corrected chi connectivity index (χ3v) is 5.12. The SMILES string of the molecule is COc1ccc([C@H]2CCCN2C(=O)c2ccc(NC(C)=O)s2)cc1. The third-order valence-electron chi connectivity index (χ3n) is 4.13. The number of methoxy groups -OCH3 is 1. The number of carbonyl (C=O) groups is 2. The van der Waals surface area contributed by atoms with Crippen LogP contribution in [0, 0.1) is 0 Å². The van der Waals surface area contributed by atoms with Crippen molar-refractivity contribution in [2.45, 2.75) is 25.8 Å². The predicted molar refractivity (Wildman–Crippen MR) is 94.6 cm³/mol. The first kappa shape index (κ1) is 16.5. The van der Waals surface area contributed by atoms with Gasteiger partial charge in [-0.1, -0.05) is 12.1 Å². The Morgan fingerprint density at radius 1 is 1.21 bits per heavy atom. The maximum Gasteiger partial charge on any atom is 0.264 e. The average molecular weight is 344 g/mol. The van der Waals surface area contributed by atoms with Crippen LogP contribution < -0.4 is 10.1 Å². The minimum Gasteiger partial charge on any atom is -0.497 e. The summed E-state index contributed by atoms with van der Waals surface area (Å²) in [6.45, 7) is 2.21. The summed E-state index contributed by atoms with van der Waals surface area (Å²) in [6, 6.07) is 11.5. The van der Waals surface area contributed by atoms with Crippen LogP contribution in [0.4, 0.5) is 5.00 Å². The normalized spacial score (nSPS) is 16.9. The molecule has 0 saturated carbocycles. The van der Waals surface area contributed by atoms with Crippen molar-refractivity contribution in [3.63, 3.8) is 0 Å². The first-order valence-corrected chi connectivity index (χ1v) is 8.72. The highest BCUT2D eigenvalue weighted by molar-refractivity contribution is 7.18. The van der Waals surface area contributed by atoms with Crippen molar-refractivity contribution in [1.82, 2.24) is 4.90 Å². The van der Waals surface area contributed by atoms with E-state index in [9.17, 15) is 9.59 Å². The molecule has 1 fully saturated rings. The largest absolute Gasteiger partial charge is 0.497 e. The minimum atomic E-state index is -0.131. The average Bonchev–Trinajstić information content (AvgIpc) is 3.23. The lowest BCUT2D eigenvalue weighted by Gasteiger charge is -2.24. The molecule has 126 valence electrons. The molecule has 2 amide bonds. The zero-order valence-electron chi connectivity index (χ0n) is 13.7. The molecule has 0 bridgehead atoms. The van der Waals surface area contributed by atoms with E-state index in [2.05, 4.69) is 5.32 Å². The second-order valence-corrected chi connectivity index (χ2v) is 6.86. The monoisotopic (exact) mass is 344 g/mol. The van der Waals surface area contributed by atoms with E-state index < -0.39 is 0 Å². The molecule has 2 aromatic rings. The standard InChI is InChI=1S/C18H20N2O3S/c1-12(21)19-17-10-9-16(24-17)18(22)20-11-3-4-15(20)13-5-7-14(23-2)8-6-13/h5-10,15H,3-4,11H2,1-2H3,(H,19,21)/t15-/m1/s1. The number of rotatable bonds is 4. The summed E-state index contributed by atoms with van der Waals surface area (Å²) in [4.78, 5) is 26.6. The van der Waals surface area contributed by atoms with E-state index in [4.69, 9.17) is 4.74 Å². The Labute approximate surface area is 145 Å². The Morgan fingerprint density at radius 3 is 2.62 bits per heavy atom. The Balaban J connectivity index is 1.77. The van der Waals surface area contributed by atoms with Crippen molar-refractivity contribution in [1.29, 1.82) is 0 Å². The summed E-state index contributed by atoms with van der Waals surface area (Å²) in [5.41, 5.74) is 1.13. The molecule has 1 aliphatic rings. The van der Waals surface area contributed by atoms with E-state index in [-0.39, 0.29) is 17.9 Å². The van der Waals surface area contributed by atoms with Crippen molar-refractivity contribution < 1.29 is 14.3 Å². The Bertz CT molecular complexity index is 739. The van der Waals surface area contributed by atoms with Gasteiger partial charge in [-0.15, -0.1) is 11.3 Å². The number of hydrogen-bond acceptors (Lipinski definition) is 4. The van der Waals surface area contributed by atoms with E-state index in [1.54, 1.807) is 19.2 Å². The molecule has 0 aliphatic carbocycles. The second-order valence-electron chi connectivity index (χ2n) is 5.77. The Kier molecular flexibility index (Phi) is 4.85. The lowest BCUT2D eigenvalue weighted by Crippen LogP contribution is -2.29. The number of benzene rings is 1. The maximum absolute atomic E-state index is 12.9. The van der Waals surface area contributed by atoms with E-state index >= 15 is 0 Å². The van der Waals surface area contributed by atoms with Crippen molar-refractivity contribution >= 4 is 28.2 Å². The van der Waals surface area contributed by atoms with Gasteiger partial charge < -0.3 is 15.0 Å². The molecule has 5 nitrogen and oxygen atoms in total. The molecule has 1 atom stereocenters. The summed E-state index contributed by atoms with van der Waals surface area (Å²) in [7, 11) is 1.64. The van der Waals surface area contributed by atoms with Crippen LogP contribution in [0.5, 0.6) is 5.75 Å². The number of carbonyl (C=O) groups excluding carboxylic acids is 2. The first-order valence-electron chi connectivity index (χ1n) is 7.91. The Hall–Kier alpha value is -2.34. The van der Waals surface area contributed by atoms with Crippen LogP contribution in [0.25, 0.3) is 0 Å². The number of amides is 2. The first-order chi connectivity index (χ1) is 11.6. The summed E-state index contributed by atoms with van der Waals surface area (Å²) in [5.74, 6) is 0.705. The fraction of sp³-hybridized carbons (Fsp3) is 0.333. The number of hydrogen-bond donors (Lipinski definition) is 1. The molecule has 1 saturated heterocycles. The molecule has 0 radical (unpaired) electrons. The van der Waals surface area contributed by atoms with Crippen LogP contribution in [0.1, 0.15) is 41.0 Å². The predicted octanol–water partition coefficient (Wildman–Crippen LogP) is 3.69. The number of thiophene rings is 1. The van der Waals surface area contributed by atoms with Gasteiger partial charge in [0, 0.05) is 13.5 Å². The maximum atomic E-state index is 12.9. The van der Waals surface area contributed by atoms with Gasteiger partial charge in [0.2, 0.25) is 5.91 Å². The number of nitrogens with one attached hydrogen (secondary N) is 1. The fourth-order valence-corrected chi connectivity index (χ4v) is 3.93. The van der Waals surface area contributed by atoms with Crippen LogP contribution in [-0.2, 0) is 4.79 Å². The molecule has 3 rings (SSSR count). The van der Waals surface area contributed by atoms with Gasteiger partial charge in [-0.3, -0.25) is 9.59 Å². The quantitative estimate of drug-likeness (QED) is 0.920. The number of nitrogens with zero attached hydrogens (tertiary/aromatic N) is 1. The van der Waals surface area contributed by atoms with Gasteiger partial charge in [0.15, 0.2) is 0 Å². The molecule has 0 spiro atoms. The van der Waals surface area contributed by atoms with Crippen LogP contribution in [-0.4, -0.2) is 30.4 Å². The minimum absolute atomic E-state index is 0.0231. The zero-order valence-corrected chi connectivity index (χ0v) is 14.6. The van der Waals surface area contributed by atoms with Gasteiger partial charge in [0.05, 0.1) is 23.0 Å². The van der Waals surface area contributed by atoms with Crippen molar-refractivity contribution in [3.8, 4) is 5.75 Å². The molecular formula is C18H20N2O3S. The van der Waals surface area contributed by atoms with Gasteiger partial charge in [-0.25, -0.2) is 0 Å². The van der Waals surface area contributed by atoms with Gasteiger partial charge in [-0.05, 0) is 42.7 Å². The molecule has 1 aliphatic heterocycles. The van der Waals surface area contributed by atoms with E-state index in [1.165, 1.54) is 18.3 Å². The highest BCUT2D eigenvalue weighted by Gasteiger charge is 2.31. The van der Waals surface area contributed by atoms with Gasteiger partial charge >= 0.3 is 0 Å². The summed E-state index contributed by atoms with van der Waals surface area (Å²) in [6.07, 6.45) is 1.95. The number of likely N-dealkylation sites (tertiary alicyclic amines) is 1. The van der Waals surface area contributed by atoms with Crippen molar-refractivity contribution in [3.05, 3.63) is 46.8 Å². The number of anilines is 1. The van der Waals surface area contributed by atoms with Crippen LogP contribution >= 0.6 is 11.3 Å². The fourth-order valence-electron chi connectivity index (χ4n) is 3.02. The molecule has 0 unspecified atom stereocenters. The lowest BCUT2D eigenvalue weighted by molar-refractivity contribution is -0.114. The number of ether oxygens (including phenoxy) is 1. The highest BCUT2D eigenvalue weighted by Crippen LogP contribution is 2.35. The Morgan fingerprint density at radius 2 is 1.96 bits per heavy atom. The zero-order chi connectivity index (χ0) is 17.1. The van der Waals surface area contributed by atoms with Crippen molar-refractivity contribution in [2.75, 3.05) is 19.0 Å². The molecular weight excluding hydrogens is 324 g/mol. The smallest absolute Gasteiger partial charge is 0.264 e. The molecule has 1 N–H and O–H groups in total. The van der Waals surface area contributed by atoms with Crippen molar-refractivity contribution in [2.24, 2.45) is 0 Å². The van der Waals surface area contributed by atoms with E-state index in [0.717, 1.165) is 30.7 Å². The highest BCUT2D eigenvalue weighted by atomic mass is 32.1. The van der Waals surface area contributed by atoms with E-state index in [1.807, 2.05) is 29.2 Å². The van der Waals surface area contributed by atoms with Crippen LogP contribution in [0.3, 0.4) is 0 Å². The van der Waals surface area contributed by atoms with Gasteiger partial charge in [0.1, 0.15) is 5.75 Å². The van der Waals surface area contributed by atoms with E-state index in [0.29, 0.717) is 9.88 Å². The topological polar surface area (TPSA) is 58.6 Å².